The maximum Gasteiger partial charge on any atom is 0.115 e. The molecule has 1 aromatic carbocycles. The Morgan fingerprint density at radius 2 is 2.10 bits per heavy atom. The Balaban J connectivity index is 1.77. The number of ether oxygens (including phenoxy) is 1. The summed E-state index contributed by atoms with van der Waals surface area (Å²) in [5.74, 6) is 0. The predicted molar refractivity (Wildman–Crippen MR) is 82.1 cm³/mol. The third-order valence-electron chi connectivity index (χ3n) is 4.68. The van der Waals surface area contributed by atoms with Crippen molar-refractivity contribution in [1.82, 2.24) is 0 Å². The van der Waals surface area contributed by atoms with Crippen LogP contribution in [0.25, 0.3) is 0 Å². The van der Waals surface area contributed by atoms with E-state index < -0.39 is 10.8 Å². The molecule has 3 heteroatoms. The SMILES string of the molecule is C=C1C[C@H](S(=O)c2ccccc2)CCC[C@H]2O[C@@]12CC. The van der Waals surface area contributed by atoms with Crippen LogP contribution in [0.1, 0.15) is 39.0 Å². The van der Waals surface area contributed by atoms with Crippen LogP contribution in [0.15, 0.2) is 47.4 Å². The van der Waals surface area contributed by atoms with Crippen molar-refractivity contribution in [1.29, 1.82) is 0 Å². The summed E-state index contributed by atoms with van der Waals surface area (Å²) in [5, 5.41) is 0.179. The van der Waals surface area contributed by atoms with Gasteiger partial charge in [-0.25, -0.2) is 0 Å². The molecular formula is C17H22O2S. The molecule has 0 N–H and O–H groups in total. The van der Waals surface area contributed by atoms with E-state index in [1.54, 1.807) is 0 Å². The molecule has 1 aliphatic heterocycles. The minimum Gasteiger partial charge on any atom is -0.361 e. The molecule has 1 saturated heterocycles. The van der Waals surface area contributed by atoms with E-state index in [1.165, 1.54) is 0 Å². The zero-order valence-electron chi connectivity index (χ0n) is 12.0. The largest absolute Gasteiger partial charge is 0.361 e. The Kier molecular flexibility index (Phi) is 3.83. The number of benzene rings is 1. The van der Waals surface area contributed by atoms with Crippen LogP contribution in [0.4, 0.5) is 0 Å². The van der Waals surface area contributed by atoms with Crippen LogP contribution in [0.3, 0.4) is 0 Å². The molecular weight excluding hydrogens is 268 g/mol. The van der Waals surface area contributed by atoms with E-state index in [-0.39, 0.29) is 10.9 Å². The molecule has 2 aliphatic rings. The van der Waals surface area contributed by atoms with Crippen molar-refractivity contribution in [3.05, 3.63) is 42.5 Å². The van der Waals surface area contributed by atoms with Gasteiger partial charge < -0.3 is 4.74 Å². The van der Waals surface area contributed by atoms with Crippen LogP contribution in [0.2, 0.25) is 0 Å². The molecule has 1 unspecified atom stereocenters. The fraction of sp³-hybridized carbons (Fsp3) is 0.529. The first-order valence-electron chi connectivity index (χ1n) is 7.49. The zero-order chi connectivity index (χ0) is 14.2. The molecule has 2 fully saturated rings. The maximum atomic E-state index is 12.8. The Morgan fingerprint density at radius 3 is 2.80 bits per heavy atom. The molecule has 0 spiro atoms. The van der Waals surface area contributed by atoms with E-state index in [2.05, 4.69) is 13.5 Å². The number of epoxide rings is 1. The highest BCUT2D eigenvalue weighted by atomic mass is 32.2. The number of fused-ring (bicyclic) bond motifs is 1. The van der Waals surface area contributed by atoms with Gasteiger partial charge in [0.1, 0.15) is 5.60 Å². The minimum atomic E-state index is -0.942. The van der Waals surface area contributed by atoms with Crippen molar-refractivity contribution in [3.8, 4) is 0 Å². The standard InChI is InChI=1S/C17H22O2S/c1-3-17-13(2)12-15(10-7-11-16(17)19-17)20(18)14-8-5-4-6-9-14/h4-6,8-9,15-16H,2-3,7,10-12H2,1H3/t15-,16-,17+,20?/m1/s1. The van der Waals surface area contributed by atoms with E-state index in [1.807, 2.05) is 30.3 Å². The van der Waals surface area contributed by atoms with Gasteiger partial charge in [0.2, 0.25) is 0 Å². The topological polar surface area (TPSA) is 29.6 Å². The monoisotopic (exact) mass is 290 g/mol. The number of hydrogen-bond donors (Lipinski definition) is 0. The lowest BCUT2D eigenvalue weighted by Crippen LogP contribution is -2.26. The Morgan fingerprint density at radius 1 is 1.35 bits per heavy atom. The Bertz CT molecular complexity index is 525. The van der Waals surface area contributed by atoms with E-state index in [0.29, 0.717) is 6.10 Å². The van der Waals surface area contributed by atoms with Gasteiger partial charge in [0.25, 0.3) is 0 Å². The van der Waals surface area contributed by atoms with Crippen LogP contribution < -0.4 is 0 Å². The summed E-state index contributed by atoms with van der Waals surface area (Å²) in [6, 6.07) is 9.80. The van der Waals surface area contributed by atoms with E-state index >= 15 is 0 Å². The third kappa shape index (κ3) is 2.38. The number of hydrogen-bond acceptors (Lipinski definition) is 2. The normalized spacial score (nSPS) is 34.8. The average Bonchev–Trinajstić information content (AvgIpc) is 3.19. The molecule has 108 valence electrons. The second-order valence-corrected chi connectivity index (χ2v) is 7.55. The highest BCUT2D eigenvalue weighted by Gasteiger charge is 2.57. The summed E-state index contributed by atoms with van der Waals surface area (Å²) in [6.07, 6.45) is 5.36. The van der Waals surface area contributed by atoms with Crippen LogP contribution in [0.5, 0.6) is 0 Å². The molecule has 0 radical (unpaired) electrons. The summed E-state index contributed by atoms with van der Waals surface area (Å²) in [4.78, 5) is 0.935. The summed E-state index contributed by atoms with van der Waals surface area (Å²) < 4.78 is 18.7. The van der Waals surface area contributed by atoms with Gasteiger partial charge in [0.15, 0.2) is 0 Å². The molecule has 4 atom stereocenters. The highest BCUT2D eigenvalue weighted by Crippen LogP contribution is 2.51. The van der Waals surface area contributed by atoms with Gasteiger partial charge in [-0.05, 0) is 49.8 Å². The summed E-state index contributed by atoms with van der Waals surface area (Å²) >= 11 is 0. The van der Waals surface area contributed by atoms with Gasteiger partial charge in [-0.1, -0.05) is 31.7 Å². The second-order valence-electron chi connectivity index (χ2n) is 5.82. The van der Waals surface area contributed by atoms with Gasteiger partial charge >= 0.3 is 0 Å². The third-order valence-corrected chi connectivity index (χ3v) is 6.43. The van der Waals surface area contributed by atoms with Gasteiger partial charge in [-0.2, -0.15) is 0 Å². The average molecular weight is 290 g/mol. The molecule has 1 saturated carbocycles. The van der Waals surface area contributed by atoms with Crippen LogP contribution in [-0.2, 0) is 15.5 Å². The number of rotatable bonds is 3. The first-order chi connectivity index (χ1) is 9.67. The fourth-order valence-electron chi connectivity index (χ4n) is 3.39. The molecule has 3 rings (SSSR count). The summed E-state index contributed by atoms with van der Waals surface area (Å²) in [5.41, 5.74) is 1.05. The van der Waals surface area contributed by atoms with Crippen molar-refractivity contribution >= 4 is 10.8 Å². The van der Waals surface area contributed by atoms with Gasteiger partial charge in [0.05, 0.1) is 16.9 Å². The van der Waals surface area contributed by atoms with E-state index in [9.17, 15) is 4.21 Å². The van der Waals surface area contributed by atoms with Crippen molar-refractivity contribution in [2.24, 2.45) is 0 Å². The molecule has 1 heterocycles. The van der Waals surface area contributed by atoms with Crippen LogP contribution in [0, 0.1) is 0 Å². The summed E-state index contributed by atoms with van der Waals surface area (Å²) in [6.45, 7) is 6.41. The highest BCUT2D eigenvalue weighted by molar-refractivity contribution is 7.85. The van der Waals surface area contributed by atoms with Gasteiger partial charge in [-0.15, -0.1) is 0 Å². The smallest absolute Gasteiger partial charge is 0.115 e. The Hall–Kier alpha value is -0.930. The molecule has 20 heavy (non-hydrogen) atoms. The molecule has 0 amide bonds. The minimum absolute atomic E-state index is 0.0977. The first kappa shape index (κ1) is 14.0. The van der Waals surface area contributed by atoms with Crippen molar-refractivity contribution in [2.45, 2.75) is 60.9 Å². The zero-order valence-corrected chi connectivity index (χ0v) is 12.8. The maximum absolute atomic E-state index is 12.8. The molecule has 0 bridgehead atoms. The van der Waals surface area contributed by atoms with Crippen molar-refractivity contribution in [2.75, 3.05) is 0 Å². The van der Waals surface area contributed by atoms with Crippen molar-refractivity contribution < 1.29 is 8.95 Å². The lowest BCUT2D eigenvalue weighted by atomic mass is 9.85. The molecule has 2 nitrogen and oxygen atoms in total. The lowest BCUT2D eigenvalue weighted by molar-refractivity contribution is 0.310. The molecule has 1 aromatic rings. The van der Waals surface area contributed by atoms with Crippen LogP contribution in [-0.4, -0.2) is 21.2 Å². The van der Waals surface area contributed by atoms with Crippen molar-refractivity contribution in [3.63, 3.8) is 0 Å². The summed E-state index contributed by atoms with van der Waals surface area (Å²) in [7, 11) is -0.942. The quantitative estimate of drug-likeness (QED) is 0.625. The molecule has 1 aliphatic carbocycles. The first-order valence-corrected chi connectivity index (χ1v) is 8.70. The van der Waals surface area contributed by atoms with E-state index in [0.717, 1.165) is 42.6 Å². The second kappa shape index (κ2) is 5.45. The molecule has 0 aromatic heterocycles. The van der Waals surface area contributed by atoms with Gasteiger partial charge in [0, 0.05) is 10.1 Å². The Labute approximate surface area is 123 Å². The fourth-order valence-corrected chi connectivity index (χ4v) is 4.94. The van der Waals surface area contributed by atoms with E-state index in [4.69, 9.17) is 4.74 Å². The predicted octanol–water partition coefficient (Wildman–Crippen LogP) is 3.84. The van der Waals surface area contributed by atoms with Gasteiger partial charge in [-0.3, -0.25) is 4.21 Å². The van der Waals surface area contributed by atoms with Crippen LogP contribution >= 0.6 is 0 Å². The lowest BCUT2D eigenvalue weighted by Gasteiger charge is -2.23.